The topological polar surface area (TPSA) is 43.8 Å². The highest BCUT2D eigenvalue weighted by atomic mass is 15.3. The zero-order chi connectivity index (χ0) is 8.27. The monoisotopic (exact) mass is 153 g/mol. The van der Waals surface area contributed by atoms with Gasteiger partial charge in [0.2, 0.25) is 0 Å². The molecule has 0 spiro atoms. The van der Waals surface area contributed by atoms with E-state index in [-0.39, 0.29) is 0 Å². The Morgan fingerprint density at radius 3 is 2.91 bits per heavy atom. The Bertz CT molecular complexity index is 227. The molecule has 1 aromatic heterocycles. The van der Waals surface area contributed by atoms with Crippen LogP contribution in [0.4, 0.5) is 0 Å². The third kappa shape index (κ3) is 1.60. The summed E-state index contributed by atoms with van der Waals surface area (Å²) in [6, 6.07) is 0. The van der Waals surface area contributed by atoms with E-state index in [1.165, 1.54) is 11.3 Å². The minimum absolute atomic E-state index is 0.600. The second kappa shape index (κ2) is 3.53. The van der Waals surface area contributed by atoms with Gasteiger partial charge in [-0.2, -0.15) is 5.10 Å². The average molecular weight is 153 g/mol. The third-order valence-electron chi connectivity index (χ3n) is 1.85. The van der Waals surface area contributed by atoms with Gasteiger partial charge in [0.15, 0.2) is 0 Å². The summed E-state index contributed by atoms with van der Waals surface area (Å²) in [5.74, 6) is 0. The summed E-state index contributed by atoms with van der Waals surface area (Å²) >= 11 is 0. The Labute approximate surface area is 67.2 Å². The highest BCUT2D eigenvalue weighted by molar-refractivity contribution is 5.17. The number of aryl methyl sites for hydroxylation is 1. The van der Waals surface area contributed by atoms with Crippen molar-refractivity contribution in [3.05, 3.63) is 17.5 Å². The van der Waals surface area contributed by atoms with Gasteiger partial charge >= 0.3 is 0 Å². The molecular formula is C8H15N3. The summed E-state index contributed by atoms with van der Waals surface area (Å²) < 4.78 is 1.91. The van der Waals surface area contributed by atoms with Crippen LogP contribution in [-0.2, 0) is 20.0 Å². The Kier molecular flexibility index (Phi) is 2.65. The molecule has 1 aromatic rings. The second-order valence-corrected chi connectivity index (χ2v) is 2.69. The SMILES string of the molecule is CCCc1c(CN)cnn1C. The summed E-state index contributed by atoms with van der Waals surface area (Å²) in [7, 11) is 1.96. The zero-order valence-electron chi connectivity index (χ0n) is 7.17. The fourth-order valence-electron chi connectivity index (χ4n) is 1.24. The minimum atomic E-state index is 0.600. The number of nitrogens with two attached hydrogens (primary N) is 1. The van der Waals surface area contributed by atoms with Gasteiger partial charge in [-0.3, -0.25) is 4.68 Å². The molecule has 0 bridgehead atoms. The first-order valence-corrected chi connectivity index (χ1v) is 3.99. The van der Waals surface area contributed by atoms with Crippen LogP contribution in [0.2, 0.25) is 0 Å². The molecule has 0 saturated heterocycles. The van der Waals surface area contributed by atoms with Gasteiger partial charge in [0, 0.05) is 24.8 Å². The van der Waals surface area contributed by atoms with E-state index >= 15 is 0 Å². The van der Waals surface area contributed by atoms with Crippen LogP contribution in [0.25, 0.3) is 0 Å². The van der Waals surface area contributed by atoms with Gasteiger partial charge in [0.25, 0.3) is 0 Å². The molecule has 0 aliphatic heterocycles. The number of hydrogen-bond acceptors (Lipinski definition) is 2. The zero-order valence-corrected chi connectivity index (χ0v) is 7.17. The van der Waals surface area contributed by atoms with E-state index in [0.29, 0.717) is 6.54 Å². The summed E-state index contributed by atoms with van der Waals surface area (Å²) in [5, 5.41) is 4.14. The van der Waals surface area contributed by atoms with Crippen LogP contribution in [0, 0.1) is 0 Å². The van der Waals surface area contributed by atoms with Crippen molar-refractivity contribution < 1.29 is 0 Å². The first-order valence-electron chi connectivity index (χ1n) is 3.99. The number of nitrogens with zero attached hydrogens (tertiary/aromatic N) is 2. The molecule has 0 atom stereocenters. The van der Waals surface area contributed by atoms with Gasteiger partial charge in [-0.25, -0.2) is 0 Å². The van der Waals surface area contributed by atoms with Crippen LogP contribution in [-0.4, -0.2) is 9.78 Å². The normalized spacial score (nSPS) is 10.5. The summed E-state index contributed by atoms with van der Waals surface area (Å²) in [6.45, 7) is 2.76. The van der Waals surface area contributed by atoms with Crippen LogP contribution in [0.1, 0.15) is 24.6 Å². The van der Waals surface area contributed by atoms with Gasteiger partial charge < -0.3 is 5.73 Å². The van der Waals surface area contributed by atoms with Crippen LogP contribution in [0.5, 0.6) is 0 Å². The fourth-order valence-corrected chi connectivity index (χ4v) is 1.24. The second-order valence-electron chi connectivity index (χ2n) is 2.69. The van der Waals surface area contributed by atoms with E-state index in [1.54, 1.807) is 0 Å². The molecule has 2 N–H and O–H groups in total. The highest BCUT2D eigenvalue weighted by Gasteiger charge is 2.04. The van der Waals surface area contributed by atoms with Gasteiger partial charge in [0.1, 0.15) is 0 Å². The lowest BCUT2D eigenvalue weighted by Crippen LogP contribution is -2.03. The third-order valence-corrected chi connectivity index (χ3v) is 1.85. The Balaban J connectivity index is 2.88. The lowest BCUT2D eigenvalue weighted by molar-refractivity contribution is 0.693. The molecule has 0 radical (unpaired) electrons. The number of rotatable bonds is 3. The molecule has 0 amide bonds. The van der Waals surface area contributed by atoms with Crippen molar-refractivity contribution in [3.63, 3.8) is 0 Å². The molecule has 62 valence electrons. The summed E-state index contributed by atoms with van der Waals surface area (Å²) in [6.07, 6.45) is 4.07. The molecule has 0 aliphatic carbocycles. The minimum Gasteiger partial charge on any atom is -0.326 e. The number of hydrogen-bond donors (Lipinski definition) is 1. The first-order chi connectivity index (χ1) is 5.29. The Morgan fingerprint density at radius 2 is 2.36 bits per heavy atom. The predicted molar refractivity (Wildman–Crippen MR) is 45.1 cm³/mol. The molecule has 3 nitrogen and oxygen atoms in total. The first kappa shape index (κ1) is 8.27. The van der Waals surface area contributed by atoms with E-state index in [0.717, 1.165) is 12.8 Å². The van der Waals surface area contributed by atoms with Gasteiger partial charge in [-0.05, 0) is 6.42 Å². The van der Waals surface area contributed by atoms with Crippen LogP contribution in [0.3, 0.4) is 0 Å². The maximum Gasteiger partial charge on any atom is 0.0537 e. The quantitative estimate of drug-likeness (QED) is 0.699. The molecule has 3 heteroatoms. The fraction of sp³-hybridized carbons (Fsp3) is 0.625. The van der Waals surface area contributed by atoms with Crippen molar-refractivity contribution in [2.75, 3.05) is 0 Å². The molecule has 0 saturated carbocycles. The van der Waals surface area contributed by atoms with Crippen molar-refractivity contribution in [3.8, 4) is 0 Å². The van der Waals surface area contributed by atoms with Crippen molar-refractivity contribution in [1.82, 2.24) is 9.78 Å². The van der Waals surface area contributed by atoms with Crippen molar-refractivity contribution in [2.45, 2.75) is 26.3 Å². The van der Waals surface area contributed by atoms with Crippen molar-refractivity contribution in [1.29, 1.82) is 0 Å². The van der Waals surface area contributed by atoms with E-state index < -0.39 is 0 Å². The summed E-state index contributed by atoms with van der Waals surface area (Å²) in [4.78, 5) is 0. The Hall–Kier alpha value is -0.830. The predicted octanol–water partition coefficient (Wildman–Crippen LogP) is 0.831. The lowest BCUT2D eigenvalue weighted by Gasteiger charge is -2.01. The average Bonchev–Trinajstić information content (AvgIpc) is 2.34. The molecule has 0 fully saturated rings. The molecule has 0 aromatic carbocycles. The molecular weight excluding hydrogens is 138 g/mol. The molecule has 0 unspecified atom stereocenters. The molecule has 11 heavy (non-hydrogen) atoms. The smallest absolute Gasteiger partial charge is 0.0537 e. The van der Waals surface area contributed by atoms with Crippen molar-refractivity contribution in [2.24, 2.45) is 12.8 Å². The van der Waals surface area contributed by atoms with Gasteiger partial charge in [-0.1, -0.05) is 13.3 Å². The standard InChI is InChI=1S/C8H15N3/c1-3-4-8-7(5-9)6-10-11(8)2/h6H,3-5,9H2,1-2H3. The van der Waals surface area contributed by atoms with Crippen LogP contribution < -0.4 is 5.73 Å². The highest BCUT2D eigenvalue weighted by Crippen LogP contribution is 2.08. The van der Waals surface area contributed by atoms with E-state index in [2.05, 4.69) is 12.0 Å². The number of aromatic nitrogens is 2. The van der Waals surface area contributed by atoms with Gasteiger partial charge in [-0.15, -0.1) is 0 Å². The van der Waals surface area contributed by atoms with E-state index in [1.807, 2.05) is 17.9 Å². The van der Waals surface area contributed by atoms with Gasteiger partial charge in [0.05, 0.1) is 6.20 Å². The maximum absolute atomic E-state index is 5.54. The van der Waals surface area contributed by atoms with Crippen molar-refractivity contribution >= 4 is 0 Å². The van der Waals surface area contributed by atoms with Crippen LogP contribution in [0.15, 0.2) is 6.20 Å². The summed E-state index contributed by atoms with van der Waals surface area (Å²) in [5.41, 5.74) is 7.99. The molecule has 1 rings (SSSR count). The van der Waals surface area contributed by atoms with Crippen LogP contribution >= 0.6 is 0 Å². The molecule has 1 heterocycles. The lowest BCUT2D eigenvalue weighted by atomic mass is 10.1. The van der Waals surface area contributed by atoms with E-state index in [4.69, 9.17) is 5.73 Å². The maximum atomic E-state index is 5.54. The largest absolute Gasteiger partial charge is 0.326 e. The Morgan fingerprint density at radius 1 is 1.64 bits per heavy atom. The van der Waals surface area contributed by atoms with E-state index in [9.17, 15) is 0 Å². The molecule has 0 aliphatic rings.